The Labute approximate surface area is 158 Å². The van der Waals surface area contributed by atoms with Crippen molar-refractivity contribution in [2.75, 3.05) is 32.8 Å². The van der Waals surface area contributed by atoms with Crippen molar-refractivity contribution in [1.82, 2.24) is 9.80 Å². The van der Waals surface area contributed by atoms with Crippen molar-refractivity contribution in [3.63, 3.8) is 0 Å². The molecule has 1 aliphatic heterocycles. The molecule has 1 heterocycles. The number of halogens is 1. The van der Waals surface area contributed by atoms with Crippen molar-refractivity contribution >= 4 is 23.4 Å². The smallest absolute Gasteiger partial charge is 0.254 e. The van der Waals surface area contributed by atoms with Crippen LogP contribution in [0.2, 0.25) is 5.02 Å². The van der Waals surface area contributed by atoms with Crippen LogP contribution in [0.15, 0.2) is 48.5 Å². The first-order chi connectivity index (χ1) is 12.6. The summed E-state index contributed by atoms with van der Waals surface area (Å²) in [5.41, 5.74) is 1.20. The van der Waals surface area contributed by atoms with E-state index in [9.17, 15) is 9.59 Å². The van der Waals surface area contributed by atoms with Crippen molar-refractivity contribution in [1.29, 1.82) is 0 Å². The molecule has 0 N–H and O–H groups in total. The number of carbonyl (C=O) groups is 2. The zero-order valence-corrected chi connectivity index (χ0v) is 15.4. The third-order valence-electron chi connectivity index (χ3n) is 4.34. The minimum Gasteiger partial charge on any atom is -0.494 e. The number of piperazine rings is 1. The van der Waals surface area contributed by atoms with Crippen LogP contribution in [0.25, 0.3) is 0 Å². The molecule has 3 rings (SSSR count). The molecule has 2 aromatic carbocycles. The average molecular weight is 373 g/mol. The first kappa shape index (κ1) is 18.3. The largest absolute Gasteiger partial charge is 0.494 e. The first-order valence-corrected chi connectivity index (χ1v) is 9.03. The summed E-state index contributed by atoms with van der Waals surface area (Å²) < 4.78 is 5.40. The summed E-state index contributed by atoms with van der Waals surface area (Å²) in [7, 11) is 0. The van der Waals surface area contributed by atoms with Crippen LogP contribution >= 0.6 is 11.6 Å². The number of hydrogen-bond donors (Lipinski definition) is 0. The van der Waals surface area contributed by atoms with E-state index in [2.05, 4.69) is 0 Å². The minimum absolute atomic E-state index is 0.0251. The van der Waals surface area contributed by atoms with E-state index in [1.807, 2.05) is 6.92 Å². The van der Waals surface area contributed by atoms with Gasteiger partial charge >= 0.3 is 0 Å². The van der Waals surface area contributed by atoms with Crippen LogP contribution < -0.4 is 4.74 Å². The summed E-state index contributed by atoms with van der Waals surface area (Å²) in [5, 5.41) is 0.542. The Balaban J connectivity index is 1.59. The van der Waals surface area contributed by atoms with Gasteiger partial charge in [0.05, 0.1) is 6.61 Å². The Kier molecular flexibility index (Phi) is 5.78. The lowest BCUT2D eigenvalue weighted by Crippen LogP contribution is -2.50. The normalized spacial score (nSPS) is 14.2. The summed E-state index contributed by atoms with van der Waals surface area (Å²) in [6, 6.07) is 14.1. The fourth-order valence-corrected chi connectivity index (χ4v) is 3.15. The highest BCUT2D eigenvalue weighted by Crippen LogP contribution is 2.17. The molecule has 0 saturated carbocycles. The van der Waals surface area contributed by atoms with Crippen LogP contribution in [-0.4, -0.2) is 54.4 Å². The lowest BCUT2D eigenvalue weighted by Gasteiger charge is -2.35. The second-order valence-electron chi connectivity index (χ2n) is 6.05. The minimum atomic E-state index is -0.0549. The number of carbonyl (C=O) groups excluding carboxylic acids is 2. The highest BCUT2D eigenvalue weighted by Gasteiger charge is 2.25. The molecule has 1 saturated heterocycles. The summed E-state index contributed by atoms with van der Waals surface area (Å²) in [5.74, 6) is 0.671. The average Bonchev–Trinajstić information content (AvgIpc) is 2.68. The summed E-state index contributed by atoms with van der Waals surface area (Å²) in [6.07, 6.45) is 0. The molecule has 0 radical (unpaired) electrons. The topological polar surface area (TPSA) is 49.9 Å². The molecule has 1 aliphatic rings. The predicted molar refractivity (Wildman–Crippen MR) is 101 cm³/mol. The van der Waals surface area contributed by atoms with Gasteiger partial charge in [0, 0.05) is 42.3 Å². The Morgan fingerprint density at radius 1 is 0.923 bits per heavy atom. The van der Waals surface area contributed by atoms with E-state index in [-0.39, 0.29) is 11.8 Å². The number of amides is 2. The van der Waals surface area contributed by atoms with Crippen molar-refractivity contribution in [3.8, 4) is 5.75 Å². The Morgan fingerprint density at radius 3 is 2.04 bits per heavy atom. The quantitative estimate of drug-likeness (QED) is 0.827. The molecule has 0 unspecified atom stereocenters. The highest BCUT2D eigenvalue weighted by molar-refractivity contribution is 6.30. The van der Waals surface area contributed by atoms with Gasteiger partial charge in [-0.05, 0) is 49.4 Å². The lowest BCUT2D eigenvalue weighted by atomic mass is 10.1. The van der Waals surface area contributed by atoms with Gasteiger partial charge in [0.15, 0.2) is 0 Å². The van der Waals surface area contributed by atoms with E-state index in [0.717, 1.165) is 5.75 Å². The molecule has 0 spiro atoms. The van der Waals surface area contributed by atoms with Crippen LogP contribution in [0.4, 0.5) is 0 Å². The van der Waals surface area contributed by atoms with Gasteiger partial charge in [-0.1, -0.05) is 17.7 Å². The first-order valence-electron chi connectivity index (χ1n) is 8.65. The molecule has 2 amide bonds. The maximum Gasteiger partial charge on any atom is 0.254 e. The van der Waals surface area contributed by atoms with Crippen molar-refractivity contribution < 1.29 is 14.3 Å². The van der Waals surface area contributed by atoms with Crippen LogP contribution in [0.1, 0.15) is 27.6 Å². The number of ether oxygens (including phenoxy) is 1. The van der Waals surface area contributed by atoms with Gasteiger partial charge in [-0.25, -0.2) is 0 Å². The second kappa shape index (κ2) is 8.23. The Bertz CT molecular complexity index is 784. The van der Waals surface area contributed by atoms with Crippen molar-refractivity contribution in [2.24, 2.45) is 0 Å². The molecule has 5 nitrogen and oxygen atoms in total. The molecule has 0 atom stereocenters. The Morgan fingerprint density at radius 2 is 1.50 bits per heavy atom. The van der Waals surface area contributed by atoms with Gasteiger partial charge in [0.25, 0.3) is 11.8 Å². The Hall–Kier alpha value is -2.53. The van der Waals surface area contributed by atoms with Crippen LogP contribution in [-0.2, 0) is 0 Å². The maximum absolute atomic E-state index is 12.6. The molecule has 0 aromatic heterocycles. The summed E-state index contributed by atoms with van der Waals surface area (Å²) >= 11 is 5.96. The summed E-state index contributed by atoms with van der Waals surface area (Å²) in [4.78, 5) is 28.7. The van der Waals surface area contributed by atoms with E-state index in [1.54, 1.807) is 58.3 Å². The SMILES string of the molecule is CCOc1ccc(C(=O)N2CCN(C(=O)c3cccc(Cl)c3)CC2)cc1. The van der Waals surface area contributed by atoms with Crippen molar-refractivity contribution in [3.05, 3.63) is 64.7 Å². The number of hydrogen-bond acceptors (Lipinski definition) is 3. The molecular formula is C20H21ClN2O3. The van der Waals surface area contributed by atoms with E-state index < -0.39 is 0 Å². The zero-order chi connectivity index (χ0) is 18.5. The van der Waals surface area contributed by atoms with E-state index >= 15 is 0 Å². The zero-order valence-electron chi connectivity index (χ0n) is 14.7. The van der Waals surface area contributed by atoms with E-state index in [0.29, 0.717) is 48.9 Å². The highest BCUT2D eigenvalue weighted by atomic mass is 35.5. The lowest BCUT2D eigenvalue weighted by molar-refractivity contribution is 0.0535. The van der Waals surface area contributed by atoms with Crippen LogP contribution in [0, 0.1) is 0 Å². The van der Waals surface area contributed by atoms with Gasteiger partial charge in [-0.3, -0.25) is 9.59 Å². The third kappa shape index (κ3) is 4.17. The van der Waals surface area contributed by atoms with Gasteiger partial charge in [0.1, 0.15) is 5.75 Å². The van der Waals surface area contributed by atoms with Gasteiger partial charge in [-0.2, -0.15) is 0 Å². The fraction of sp³-hybridized carbons (Fsp3) is 0.300. The second-order valence-corrected chi connectivity index (χ2v) is 6.49. The molecule has 136 valence electrons. The molecular weight excluding hydrogens is 352 g/mol. The molecule has 26 heavy (non-hydrogen) atoms. The number of benzene rings is 2. The van der Waals surface area contributed by atoms with E-state index in [4.69, 9.17) is 16.3 Å². The molecule has 2 aromatic rings. The van der Waals surface area contributed by atoms with Crippen LogP contribution in [0.5, 0.6) is 5.75 Å². The number of nitrogens with zero attached hydrogens (tertiary/aromatic N) is 2. The number of rotatable bonds is 4. The predicted octanol–water partition coefficient (Wildman–Crippen LogP) is 3.34. The fourth-order valence-electron chi connectivity index (χ4n) is 2.96. The third-order valence-corrected chi connectivity index (χ3v) is 4.57. The van der Waals surface area contributed by atoms with Gasteiger partial charge in [0.2, 0.25) is 0 Å². The van der Waals surface area contributed by atoms with Crippen LogP contribution in [0.3, 0.4) is 0 Å². The van der Waals surface area contributed by atoms with Crippen molar-refractivity contribution in [2.45, 2.75) is 6.92 Å². The maximum atomic E-state index is 12.6. The van der Waals surface area contributed by atoms with Gasteiger partial charge < -0.3 is 14.5 Å². The summed E-state index contributed by atoms with van der Waals surface area (Å²) in [6.45, 7) is 4.55. The molecule has 0 bridgehead atoms. The standard InChI is InChI=1S/C20H21ClN2O3/c1-2-26-18-8-6-15(7-9-18)19(24)22-10-12-23(13-11-22)20(25)16-4-3-5-17(21)14-16/h3-9,14H,2,10-13H2,1H3. The molecule has 0 aliphatic carbocycles. The van der Waals surface area contributed by atoms with Gasteiger partial charge in [-0.15, -0.1) is 0 Å². The van der Waals surface area contributed by atoms with E-state index in [1.165, 1.54) is 0 Å². The molecule has 1 fully saturated rings. The molecule has 6 heteroatoms. The monoisotopic (exact) mass is 372 g/mol.